The number of methoxy groups -OCH3 is 1. The number of halogens is 2. The van der Waals surface area contributed by atoms with Crippen molar-refractivity contribution < 1.29 is 23.5 Å². The van der Waals surface area contributed by atoms with Crippen LogP contribution in [0, 0.1) is 5.82 Å². The fraction of sp³-hybridized carbons (Fsp3) is 0.370. The number of carbonyl (C=O) groups excluding carboxylic acids is 3. The Morgan fingerprint density at radius 1 is 1.22 bits per heavy atom. The van der Waals surface area contributed by atoms with Gasteiger partial charge in [-0.3, -0.25) is 14.5 Å². The number of rotatable bonds is 6. The summed E-state index contributed by atoms with van der Waals surface area (Å²) in [5, 5.41) is 2.89. The first kappa shape index (κ1) is 26.6. The number of urea groups is 1. The maximum absolute atomic E-state index is 13.2. The van der Waals surface area contributed by atoms with Crippen LogP contribution < -0.4 is 15.0 Å². The van der Waals surface area contributed by atoms with Crippen LogP contribution in [0.25, 0.3) is 6.08 Å². The predicted octanol–water partition coefficient (Wildman–Crippen LogP) is 4.07. The SMILES string of the molecule is COc1cc(C=CC(=O)N2CCN(Cc3ccc(F)cc3)C[C@H]2C)c(N2C(=O)NC(C)(C)C2=O)cc1Cl. The number of amides is 4. The van der Waals surface area contributed by atoms with Gasteiger partial charge >= 0.3 is 6.03 Å². The molecule has 4 amide bonds. The van der Waals surface area contributed by atoms with Crippen molar-refractivity contribution in [2.45, 2.75) is 38.9 Å². The minimum Gasteiger partial charge on any atom is -0.495 e. The molecule has 2 aliphatic heterocycles. The van der Waals surface area contributed by atoms with Crippen molar-refractivity contribution in [3.05, 3.63) is 64.4 Å². The average Bonchev–Trinajstić information content (AvgIpc) is 3.05. The molecule has 0 aliphatic carbocycles. The van der Waals surface area contributed by atoms with E-state index < -0.39 is 17.5 Å². The molecule has 0 radical (unpaired) electrons. The van der Waals surface area contributed by atoms with E-state index in [9.17, 15) is 18.8 Å². The van der Waals surface area contributed by atoms with E-state index in [2.05, 4.69) is 10.2 Å². The topological polar surface area (TPSA) is 82.2 Å². The van der Waals surface area contributed by atoms with E-state index >= 15 is 0 Å². The molecular weight excluding hydrogens is 499 g/mol. The number of hydrogen-bond acceptors (Lipinski definition) is 5. The van der Waals surface area contributed by atoms with Crippen LogP contribution in [-0.4, -0.2) is 66.0 Å². The lowest BCUT2D eigenvalue weighted by molar-refractivity contribution is -0.130. The number of nitrogens with zero attached hydrogens (tertiary/aromatic N) is 3. The molecule has 10 heteroatoms. The molecular formula is C27H30ClFN4O4. The first-order valence-corrected chi connectivity index (χ1v) is 12.4. The largest absolute Gasteiger partial charge is 0.495 e. The minimum absolute atomic E-state index is 0.0442. The Morgan fingerprint density at radius 2 is 1.92 bits per heavy atom. The zero-order chi connectivity index (χ0) is 26.9. The summed E-state index contributed by atoms with van der Waals surface area (Å²) in [6.45, 7) is 7.78. The highest BCUT2D eigenvalue weighted by molar-refractivity contribution is 6.33. The molecule has 8 nitrogen and oxygen atoms in total. The van der Waals surface area contributed by atoms with Crippen molar-refractivity contribution in [1.29, 1.82) is 0 Å². The van der Waals surface area contributed by atoms with Crippen molar-refractivity contribution in [1.82, 2.24) is 15.1 Å². The van der Waals surface area contributed by atoms with Gasteiger partial charge in [0.15, 0.2) is 0 Å². The lowest BCUT2D eigenvalue weighted by Crippen LogP contribution is -2.53. The Kier molecular flexibility index (Phi) is 7.57. The molecule has 37 heavy (non-hydrogen) atoms. The molecule has 0 aromatic heterocycles. The number of imide groups is 1. The van der Waals surface area contributed by atoms with Crippen LogP contribution in [0.3, 0.4) is 0 Å². The number of carbonyl (C=O) groups is 3. The third-order valence-electron chi connectivity index (χ3n) is 6.62. The lowest BCUT2D eigenvalue weighted by atomic mass is 10.1. The van der Waals surface area contributed by atoms with Gasteiger partial charge in [-0.15, -0.1) is 0 Å². The maximum Gasteiger partial charge on any atom is 0.329 e. The van der Waals surface area contributed by atoms with Gasteiger partial charge < -0.3 is 15.0 Å². The number of piperazine rings is 1. The molecule has 2 saturated heterocycles. The number of ether oxygens (including phenoxy) is 1. The quantitative estimate of drug-likeness (QED) is 0.451. The number of hydrogen-bond donors (Lipinski definition) is 1. The predicted molar refractivity (Wildman–Crippen MR) is 140 cm³/mol. The van der Waals surface area contributed by atoms with E-state index in [1.54, 1.807) is 43.0 Å². The van der Waals surface area contributed by atoms with Gasteiger partial charge in [0, 0.05) is 43.9 Å². The van der Waals surface area contributed by atoms with Crippen LogP contribution in [0.2, 0.25) is 5.02 Å². The van der Waals surface area contributed by atoms with Crippen LogP contribution in [0.15, 0.2) is 42.5 Å². The zero-order valence-corrected chi connectivity index (χ0v) is 22.0. The van der Waals surface area contributed by atoms with Gasteiger partial charge in [-0.2, -0.15) is 0 Å². The summed E-state index contributed by atoms with van der Waals surface area (Å²) in [5.74, 6) is -0.525. The summed E-state index contributed by atoms with van der Waals surface area (Å²) in [6.07, 6.45) is 3.00. The fourth-order valence-corrected chi connectivity index (χ4v) is 4.85. The van der Waals surface area contributed by atoms with Crippen molar-refractivity contribution in [2.75, 3.05) is 31.6 Å². The van der Waals surface area contributed by atoms with Crippen molar-refractivity contribution >= 4 is 41.2 Å². The highest BCUT2D eigenvalue weighted by Gasteiger charge is 2.45. The molecule has 2 aromatic rings. The van der Waals surface area contributed by atoms with E-state index in [4.69, 9.17) is 16.3 Å². The third-order valence-corrected chi connectivity index (χ3v) is 6.92. The smallest absolute Gasteiger partial charge is 0.329 e. The summed E-state index contributed by atoms with van der Waals surface area (Å²) >= 11 is 6.31. The van der Waals surface area contributed by atoms with Gasteiger partial charge in [-0.1, -0.05) is 23.7 Å². The maximum atomic E-state index is 13.2. The standard InChI is InChI=1S/C27H30ClFN4O4/c1-17-15-31(16-18-5-8-20(29)9-6-18)11-12-32(17)24(34)10-7-19-13-23(37-4)21(28)14-22(19)33-25(35)27(2,3)30-26(33)36/h5-10,13-14,17H,11-12,15-16H2,1-4H3,(H,30,36)/t17-/m1/s1. The normalized spacial score (nSPS) is 20.0. The molecule has 2 heterocycles. The van der Waals surface area contributed by atoms with Crippen LogP contribution in [0.1, 0.15) is 31.9 Å². The molecule has 2 fully saturated rings. The molecule has 4 rings (SSSR count). The zero-order valence-electron chi connectivity index (χ0n) is 21.3. The van der Waals surface area contributed by atoms with Gasteiger partial charge in [0.2, 0.25) is 5.91 Å². The first-order valence-electron chi connectivity index (χ1n) is 12.0. The second kappa shape index (κ2) is 10.5. The molecule has 0 saturated carbocycles. The lowest BCUT2D eigenvalue weighted by Gasteiger charge is -2.39. The van der Waals surface area contributed by atoms with Crippen molar-refractivity contribution in [3.8, 4) is 5.75 Å². The molecule has 1 N–H and O–H groups in total. The van der Waals surface area contributed by atoms with E-state index in [-0.39, 0.29) is 28.5 Å². The number of anilines is 1. The van der Waals surface area contributed by atoms with E-state index in [0.29, 0.717) is 37.5 Å². The second-order valence-electron chi connectivity index (χ2n) is 9.82. The Labute approximate surface area is 220 Å². The molecule has 0 bridgehead atoms. The van der Waals surface area contributed by atoms with Gasteiger partial charge in [-0.25, -0.2) is 14.1 Å². The van der Waals surface area contributed by atoms with Crippen LogP contribution in [0.4, 0.5) is 14.9 Å². The summed E-state index contributed by atoms with van der Waals surface area (Å²) in [6, 6.07) is 8.90. The van der Waals surface area contributed by atoms with E-state index in [0.717, 1.165) is 10.5 Å². The molecule has 196 valence electrons. The highest BCUT2D eigenvalue weighted by Crippen LogP contribution is 2.36. The molecule has 1 atom stereocenters. The van der Waals surface area contributed by atoms with Gasteiger partial charge in [0.05, 0.1) is 17.8 Å². The molecule has 0 spiro atoms. The van der Waals surface area contributed by atoms with E-state index in [1.165, 1.54) is 31.4 Å². The van der Waals surface area contributed by atoms with Crippen LogP contribution in [-0.2, 0) is 16.1 Å². The van der Waals surface area contributed by atoms with Gasteiger partial charge in [-0.05, 0) is 56.7 Å². The average molecular weight is 529 g/mol. The molecule has 2 aromatic carbocycles. The van der Waals surface area contributed by atoms with Crippen molar-refractivity contribution in [3.63, 3.8) is 0 Å². The van der Waals surface area contributed by atoms with Gasteiger partial charge in [0.1, 0.15) is 17.1 Å². The summed E-state index contributed by atoms with van der Waals surface area (Å²) in [4.78, 5) is 43.7. The summed E-state index contributed by atoms with van der Waals surface area (Å²) < 4.78 is 18.5. The Hall–Kier alpha value is -3.43. The van der Waals surface area contributed by atoms with Crippen LogP contribution >= 0.6 is 11.6 Å². The highest BCUT2D eigenvalue weighted by atomic mass is 35.5. The fourth-order valence-electron chi connectivity index (χ4n) is 4.62. The third kappa shape index (κ3) is 5.62. The Morgan fingerprint density at radius 3 is 2.51 bits per heavy atom. The number of nitrogens with one attached hydrogen (secondary N) is 1. The first-order chi connectivity index (χ1) is 17.5. The second-order valence-corrected chi connectivity index (χ2v) is 10.2. The molecule has 0 unspecified atom stereocenters. The van der Waals surface area contributed by atoms with Gasteiger partial charge in [0.25, 0.3) is 5.91 Å². The molecule has 2 aliphatic rings. The Bertz CT molecular complexity index is 1250. The van der Waals surface area contributed by atoms with Crippen LogP contribution in [0.5, 0.6) is 5.75 Å². The monoisotopic (exact) mass is 528 g/mol. The number of benzene rings is 2. The minimum atomic E-state index is -1.07. The summed E-state index contributed by atoms with van der Waals surface area (Å²) in [7, 11) is 1.46. The van der Waals surface area contributed by atoms with Crippen molar-refractivity contribution in [2.24, 2.45) is 0 Å². The summed E-state index contributed by atoms with van der Waals surface area (Å²) in [5.41, 5.74) is 0.656. The Balaban J connectivity index is 1.51. The van der Waals surface area contributed by atoms with E-state index in [1.807, 2.05) is 6.92 Å².